The lowest BCUT2D eigenvalue weighted by atomic mass is 10.5. The van der Waals surface area contributed by atoms with Gasteiger partial charge in [-0.15, -0.1) is 10.2 Å². The summed E-state index contributed by atoms with van der Waals surface area (Å²) in [5, 5.41) is 11.5. The standard InChI is InChI=1S/C8H12Cl2N4/c1-2-14-6-12-13-8(14)5-11-4-7(10)3-9/h3,6,11H,2,4-5H2,1H3. The number of hydrogen-bond donors (Lipinski definition) is 1. The number of aromatic nitrogens is 3. The summed E-state index contributed by atoms with van der Waals surface area (Å²) in [4.78, 5) is 0. The van der Waals surface area contributed by atoms with Crippen LogP contribution in [0.1, 0.15) is 12.7 Å². The quantitative estimate of drug-likeness (QED) is 0.844. The van der Waals surface area contributed by atoms with E-state index in [2.05, 4.69) is 15.5 Å². The molecular formula is C8H12Cl2N4. The molecule has 1 N–H and O–H groups in total. The Morgan fingerprint density at radius 2 is 2.50 bits per heavy atom. The number of rotatable bonds is 5. The van der Waals surface area contributed by atoms with Gasteiger partial charge in [0.05, 0.1) is 6.54 Å². The maximum Gasteiger partial charge on any atom is 0.146 e. The zero-order valence-electron chi connectivity index (χ0n) is 7.87. The molecule has 0 saturated carbocycles. The minimum Gasteiger partial charge on any atom is -0.317 e. The number of halogens is 2. The first-order chi connectivity index (χ1) is 6.77. The second-order valence-corrected chi connectivity index (χ2v) is 3.40. The molecule has 1 aromatic rings. The topological polar surface area (TPSA) is 42.7 Å². The minimum absolute atomic E-state index is 0.543. The Bertz CT molecular complexity index is 308. The average Bonchev–Trinajstić information content (AvgIpc) is 2.65. The highest BCUT2D eigenvalue weighted by Crippen LogP contribution is 2.01. The number of nitrogens with zero attached hydrogens (tertiary/aromatic N) is 3. The molecule has 0 spiro atoms. The molecule has 0 radical (unpaired) electrons. The van der Waals surface area contributed by atoms with Crippen molar-refractivity contribution in [2.45, 2.75) is 20.0 Å². The Balaban J connectivity index is 2.38. The molecule has 1 rings (SSSR count). The average molecular weight is 235 g/mol. The van der Waals surface area contributed by atoms with Crippen molar-refractivity contribution in [3.8, 4) is 0 Å². The molecule has 1 aromatic heterocycles. The van der Waals surface area contributed by atoms with Gasteiger partial charge >= 0.3 is 0 Å². The van der Waals surface area contributed by atoms with Crippen molar-refractivity contribution in [3.05, 3.63) is 22.7 Å². The third kappa shape index (κ3) is 3.29. The third-order valence-electron chi connectivity index (χ3n) is 1.73. The Morgan fingerprint density at radius 3 is 3.14 bits per heavy atom. The van der Waals surface area contributed by atoms with Crippen LogP contribution in [0, 0.1) is 0 Å². The van der Waals surface area contributed by atoms with E-state index in [1.807, 2.05) is 11.5 Å². The summed E-state index contributed by atoms with van der Waals surface area (Å²) in [6, 6.07) is 0. The molecule has 0 amide bonds. The van der Waals surface area contributed by atoms with Gasteiger partial charge in [0, 0.05) is 23.7 Å². The molecule has 14 heavy (non-hydrogen) atoms. The first-order valence-corrected chi connectivity index (χ1v) is 5.11. The predicted molar refractivity (Wildman–Crippen MR) is 57.2 cm³/mol. The molecular weight excluding hydrogens is 223 g/mol. The van der Waals surface area contributed by atoms with Crippen molar-refractivity contribution in [2.24, 2.45) is 0 Å². The molecule has 0 aromatic carbocycles. The van der Waals surface area contributed by atoms with Gasteiger partial charge in [-0.05, 0) is 6.92 Å². The summed E-state index contributed by atoms with van der Waals surface area (Å²) in [5.41, 5.74) is 1.35. The van der Waals surface area contributed by atoms with Crippen molar-refractivity contribution < 1.29 is 0 Å². The highest BCUT2D eigenvalue weighted by atomic mass is 35.5. The molecule has 0 unspecified atom stereocenters. The summed E-state index contributed by atoms with van der Waals surface area (Å²) in [5.74, 6) is 0.895. The van der Waals surface area contributed by atoms with E-state index in [9.17, 15) is 0 Å². The van der Waals surface area contributed by atoms with Gasteiger partial charge in [0.1, 0.15) is 12.2 Å². The van der Waals surface area contributed by atoms with Crippen LogP contribution in [-0.4, -0.2) is 21.3 Å². The maximum absolute atomic E-state index is 5.70. The van der Waals surface area contributed by atoms with E-state index >= 15 is 0 Å². The van der Waals surface area contributed by atoms with E-state index < -0.39 is 0 Å². The van der Waals surface area contributed by atoms with E-state index in [1.54, 1.807) is 6.33 Å². The van der Waals surface area contributed by atoms with E-state index in [0.717, 1.165) is 12.4 Å². The van der Waals surface area contributed by atoms with Gasteiger partial charge in [-0.1, -0.05) is 23.2 Å². The van der Waals surface area contributed by atoms with Crippen molar-refractivity contribution in [1.29, 1.82) is 0 Å². The molecule has 4 nitrogen and oxygen atoms in total. The predicted octanol–water partition coefficient (Wildman–Crippen LogP) is 1.71. The Kier molecular flexibility index (Phi) is 4.93. The van der Waals surface area contributed by atoms with E-state index in [-0.39, 0.29) is 0 Å². The van der Waals surface area contributed by atoms with E-state index in [0.29, 0.717) is 18.1 Å². The minimum atomic E-state index is 0.543. The van der Waals surface area contributed by atoms with E-state index in [1.165, 1.54) is 5.54 Å². The number of nitrogens with one attached hydrogen (secondary N) is 1. The zero-order chi connectivity index (χ0) is 10.4. The van der Waals surface area contributed by atoms with Crippen molar-refractivity contribution in [3.63, 3.8) is 0 Å². The normalized spacial score (nSPS) is 12.1. The summed E-state index contributed by atoms with van der Waals surface area (Å²) < 4.78 is 1.96. The lowest BCUT2D eigenvalue weighted by Gasteiger charge is -2.04. The van der Waals surface area contributed by atoms with Crippen LogP contribution in [0.5, 0.6) is 0 Å². The van der Waals surface area contributed by atoms with Gasteiger partial charge in [-0.25, -0.2) is 0 Å². The highest BCUT2D eigenvalue weighted by Gasteiger charge is 2.01. The van der Waals surface area contributed by atoms with Gasteiger partial charge in [0.2, 0.25) is 0 Å². The molecule has 0 saturated heterocycles. The fraction of sp³-hybridized carbons (Fsp3) is 0.500. The summed E-state index contributed by atoms with van der Waals surface area (Å²) in [6.45, 7) is 4.08. The molecule has 0 fully saturated rings. The monoisotopic (exact) mass is 234 g/mol. The third-order valence-corrected chi connectivity index (χ3v) is 2.35. The van der Waals surface area contributed by atoms with Crippen LogP contribution in [-0.2, 0) is 13.1 Å². The largest absolute Gasteiger partial charge is 0.317 e. The molecule has 0 aliphatic rings. The summed E-state index contributed by atoms with van der Waals surface area (Å²) >= 11 is 11.1. The first-order valence-electron chi connectivity index (χ1n) is 4.30. The van der Waals surface area contributed by atoms with Crippen LogP contribution < -0.4 is 5.32 Å². The van der Waals surface area contributed by atoms with Crippen molar-refractivity contribution >= 4 is 23.2 Å². The Hall–Kier alpha value is -0.580. The number of hydrogen-bond acceptors (Lipinski definition) is 3. The molecule has 1 heterocycles. The number of aryl methyl sites for hydroxylation is 1. The van der Waals surface area contributed by atoms with Gasteiger partial charge in [0.25, 0.3) is 0 Å². The summed E-state index contributed by atoms with van der Waals surface area (Å²) in [7, 11) is 0. The highest BCUT2D eigenvalue weighted by molar-refractivity contribution is 6.36. The Labute approximate surface area is 92.9 Å². The smallest absolute Gasteiger partial charge is 0.146 e. The fourth-order valence-electron chi connectivity index (χ4n) is 1.01. The second kappa shape index (κ2) is 6.01. The van der Waals surface area contributed by atoms with Gasteiger partial charge in [-0.3, -0.25) is 0 Å². The lowest BCUT2D eigenvalue weighted by molar-refractivity contribution is 0.638. The fourth-order valence-corrected chi connectivity index (χ4v) is 1.18. The first kappa shape index (κ1) is 11.5. The zero-order valence-corrected chi connectivity index (χ0v) is 9.39. The summed E-state index contributed by atoms with van der Waals surface area (Å²) in [6.07, 6.45) is 1.70. The molecule has 0 aliphatic carbocycles. The van der Waals surface area contributed by atoms with Gasteiger partial charge < -0.3 is 9.88 Å². The molecule has 0 aliphatic heterocycles. The van der Waals surface area contributed by atoms with Crippen LogP contribution in [0.15, 0.2) is 16.9 Å². The van der Waals surface area contributed by atoms with Crippen LogP contribution in [0.25, 0.3) is 0 Å². The molecule has 0 bridgehead atoms. The second-order valence-electron chi connectivity index (χ2n) is 2.69. The van der Waals surface area contributed by atoms with Gasteiger partial charge in [-0.2, -0.15) is 0 Å². The van der Waals surface area contributed by atoms with E-state index in [4.69, 9.17) is 23.2 Å². The molecule has 0 atom stereocenters. The Morgan fingerprint density at radius 1 is 1.71 bits per heavy atom. The molecule has 6 heteroatoms. The van der Waals surface area contributed by atoms with Crippen molar-refractivity contribution in [1.82, 2.24) is 20.1 Å². The SMILES string of the molecule is CCn1cnnc1CNCC(Cl)=CCl. The van der Waals surface area contributed by atoms with Crippen LogP contribution >= 0.6 is 23.2 Å². The van der Waals surface area contributed by atoms with Gasteiger partial charge in [0.15, 0.2) is 0 Å². The van der Waals surface area contributed by atoms with Crippen LogP contribution in [0.2, 0.25) is 0 Å². The van der Waals surface area contributed by atoms with Crippen LogP contribution in [0.3, 0.4) is 0 Å². The van der Waals surface area contributed by atoms with Crippen molar-refractivity contribution in [2.75, 3.05) is 6.54 Å². The molecule has 78 valence electrons. The lowest BCUT2D eigenvalue weighted by Crippen LogP contribution is -2.18. The van der Waals surface area contributed by atoms with Crippen LogP contribution in [0.4, 0.5) is 0 Å². The maximum atomic E-state index is 5.70.